The van der Waals surface area contributed by atoms with Crippen molar-refractivity contribution in [3.05, 3.63) is 97.1 Å². The lowest BCUT2D eigenvalue weighted by molar-refractivity contribution is 0.251. The Hall–Kier alpha value is -8.68. The molecule has 1 unspecified atom stereocenters. The number of azo groups is 3. The van der Waals surface area contributed by atoms with E-state index in [1.165, 1.54) is 25.2 Å². The summed E-state index contributed by atoms with van der Waals surface area (Å²) in [4.78, 5) is 7.26. The average Bonchev–Trinajstić information content (AvgIpc) is 0.740. The standard InChI is InChI=1S/C48H47FN12O28S8/c1-22(89-97(83,84)85)91(66,67)28-8-11-31(34(21-28)87-4)56-59-42-37(94(74,75)76)16-23-15-26(6-9-29(23)44(42)62)61(2)48-53-46(49)52-47(54-48)51-25-5-12-35(92(68,69)70)32(19-25)57-60-43-38(95(77,78)79)18-24-17-36(93(71,72)73)41(40(50)39(24)45(43)63)58-55-30-10-7-27(20-33(30)86-3)90(64,65)14-13-88-96(80,81)82/h5-12,15-22,62-63,74-79H,13-14,50H2,1-4H3,(H,68,69,70)(H,71,72,73)(H,80,81,82)(H,83,84,85)(H,51,52,53,54). The van der Waals surface area contributed by atoms with E-state index in [0.29, 0.717) is 18.2 Å². The highest BCUT2D eigenvalue weighted by molar-refractivity contribution is 8.19. The van der Waals surface area contributed by atoms with Crippen molar-refractivity contribution in [3.63, 3.8) is 0 Å². The number of methoxy groups -OCH3 is 2. The first-order valence-corrected chi connectivity index (χ1v) is 37.3. The van der Waals surface area contributed by atoms with Crippen LogP contribution in [0, 0.1) is 6.08 Å². The third kappa shape index (κ3) is 17.0. The van der Waals surface area contributed by atoms with Crippen LogP contribution in [0.15, 0.2) is 151 Å². The zero-order valence-corrected chi connectivity index (χ0v) is 55.3. The second-order valence-electron chi connectivity index (χ2n) is 19.3. The van der Waals surface area contributed by atoms with Crippen molar-refractivity contribution in [2.75, 3.05) is 49.6 Å². The van der Waals surface area contributed by atoms with Gasteiger partial charge in [-0.15, -0.1) is 30.7 Å². The van der Waals surface area contributed by atoms with Crippen molar-refractivity contribution in [1.82, 2.24) is 15.0 Å². The van der Waals surface area contributed by atoms with Crippen LogP contribution in [0.4, 0.5) is 67.5 Å². The Labute approximate surface area is 549 Å². The fourth-order valence-corrected chi connectivity index (χ4v) is 14.7. The zero-order chi connectivity index (χ0) is 72.1. The number of nitrogens with two attached hydrogens (primary N) is 1. The predicted octanol–water partition coefficient (Wildman–Crippen LogP) is 9.28. The molecule has 0 aliphatic heterocycles. The molecule has 0 bridgehead atoms. The zero-order valence-electron chi connectivity index (χ0n) is 48.7. The van der Waals surface area contributed by atoms with Gasteiger partial charge in [0.05, 0.1) is 57.2 Å². The Kier molecular flexibility index (Phi) is 20.9. The number of sulfone groups is 2. The Morgan fingerprint density at radius 1 is 0.567 bits per heavy atom. The number of fused-ring (bicyclic) bond motifs is 2. The Balaban J connectivity index is 1.12. The molecule has 0 saturated carbocycles. The normalized spacial score (nSPS) is 13.8. The second-order valence-corrected chi connectivity index (χ2v) is 31.5. The van der Waals surface area contributed by atoms with Gasteiger partial charge >= 0.3 is 26.9 Å². The van der Waals surface area contributed by atoms with Gasteiger partial charge in [-0.25, -0.2) is 25.2 Å². The van der Waals surface area contributed by atoms with Crippen molar-refractivity contribution in [3.8, 4) is 23.0 Å². The van der Waals surface area contributed by atoms with Crippen LogP contribution < -0.4 is 25.4 Å². The van der Waals surface area contributed by atoms with E-state index in [9.17, 15) is 97.1 Å². The summed E-state index contributed by atoms with van der Waals surface area (Å²) in [7, 11) is -36.4. The molecular weight excluding hydrogens is 1470 g/mol. The third-order valence-corrected chi connectivity index (χ3v) is 21.3. The van der Waals surface area contributed by atoms with E-state index >= 15 is 4.39 Å². The molecule has 0 saturated heterocycles. The monoisotopic (exact) mass is 1510 g/mol. The minimum atomic E-state index is -5.43. The number of benzene rings is 7. The molecule has 49 heteroatoms. The maximum Gasteiger partial charge on any atom is 0.398 e. The molecule has 40 nitrogen and oxygen atoms in total. The summed E-state index contributed by atoms with van der Waals surface area (Å²) in [5, 5.41) is 47.2. The molecule has 7 aromatic carbocycles. The number of aromatic nitrogens is 3. The van der Waals surface area contributed by atoms with Gasteiger partial charge in [0, 0.05) is 35.9 Å². The van der Waals surface area contributed by atoms with Gasteiger partial charge in [-0.05, 0) is 96.6 Å². The van der Waals surface area contributed by atoms with Crippen LogP contribution in [0.2, 0.25) is 0 Å². The number of nitrogens with one attached hydrogen (secondary N) is 1. The van der Waals surface area contributed by atoms with Crippen LogP contribution in [-0.2, 0) is 69.1 Å². The molecule has 8 rings (SSSR count). The van der Waals surface area contributed by atoms with E-state index in [1.807, 2.05) is 0 Å². The van der Waals surface area contributed by atoms with Gasteiger partial charge in [-0.1, -0.05) is 0 Å². The van der Waals surface area contributed by atoms with Gasteiger partial charge in [0.1, 0.15) is 77.2 Å². The molecule has 15 N–H and O–H groups in total. The lowest BCUT2D eigenvalue weighted by atomic mass is 10.1. The van der Waals surface area contributed by atoms with Crippen molar-refractivity contribution in [2.45, 2.75) is 41.7 Å². The molecule has 0 spiro atoms. The summed E-state index contributed by atoms with van der Waals surface area (Å²) in [5.41, 5.74) is -1.26. The number of phenols is 2. The van der Waals surface area contributed by atoms with Gasteiger partial charge < -0.3 is 63.0 Å². The smallest absolute Gasteiger partial charge is 0.398 e. The Morgan fingerprint density at radius 3 is 1.64 bits per heavy atom. The quantitative estimate of drug-likeness (QED) is 0.0144. The minimum absolute atomic E-state index is 0.0554. The summed E-state index contributed by atoms with van der Waals surface area (Å²) >= 11 is 0. The predicted molar refractivity (Wildman–Crippen MR) is 338 cm³/mol. The summed E-state index contributed by atoms with van der Waals surface area (Å²) in [6.07, 6.45) is -1.46. The number of rotatable bonds is 25. The molecule has 0 fully saturated rings. The largest absolute Gasteiger partial charge is 0.505 e. The molecule has 522 valence electrons. The number of aromatic hydroxyl groups is 2. The number of halogens is 1. The topological polar surface area (TPSA) is 639 Å². The molecular formula is C48H47FN12O28S8. The number of ether oxygens (including phenoxy) is 2. The number of nitrogens with zero attached hydrogens (tertiary/aromatic N) is 10. The van der Waals surface area contributed by atoms with E-state index < -0.39 is 198 Å². The molecule has 0 radical (unpaired) electrons. The molecule has 0 aliphatic carbocycles. The number of anilines is 5. The van der Waals surface area contributed by atoms with Gasteiger partial charge in [0.25, 0.3) is 20.2 Å². The minimum Gasteiger partial charge on any atom is -0.505 e. The van der Waals surface area contributed by atoms with Gasteiger partial charge in [0.15, 0.2) is 26.8 Å². The lowest BCUT2D eigenvalue weighted by Gasteiger charge is -2.23. The number of hydrogen-bond donors (Lipinski definition) is 14. The number of hydrogen-bond acceptors (Lipinski definition) is 36. The molecule has 0 aliphatic rings. The summed E-state index contributed by atoms with van der Waals surface area (Å²) in [6, 6.07) is 14.0. The fourth-order valence-electron chi connectivity index (χ4n) is 8.60. The second kappa shape index (κ2) is 27.3. The number of phenolic OH excluding ortho intramolecular Hbond substituents is 2. The van der Waals surface area contributed by atoms with Crippen molar-refractivity contribution in [1.29, 1.82) is 0 Å². The number of nitrogen functional groups attached to an aromatic ring is 1. The highest BCUT2D eigenvalue weighted by Gasteiger charge is 2.33. The van der Waals surface area contributed by atoms with Crippen LogP contribution in [0.3, 0.4) is 0 Å². The molecule has 1 heterocycles. The van der Waals surface area contributed by atoms with E-state index in [-0.39, 0.29) is 45.0 Å². The van der Waals surface area contributed by atoms with Crippen LogP contribution in [0.5, 0.6) is 23.0 Å². The van der Waals surface area contributed by atoms with E-state index in [2.05, 4.69) is 59.3 Å². The molecule has 97 heavy (non-hydrogen) atoms. The van der Waals surface area contributed by atoms with Crippen LogP contribution in [0.1, 0.15) is 6.92 Å². The maximum absolute atomic E-state index is 15.4. The summed E-state index contributed by atoms with van der Waals surface area (Å²) in [6.45, 7) is -0.187. The summed E-state index contributed by atoms with van der Waals surface area (Å²) in [5.74, 6) is -4.93. The lowest BCUT2D eigenvalue weighted by Crippen LogP contribution is -2.24. The average molecular weight is 1520 g/mol. The van der Waals surface area contributed by atoms with Gasteiger partial charge in [-0.3, -0.25) is 18.2 Å². The molecule has 0 amide bonds. The fraction of sp³-hybridized carbons (Fsp3) is 0.146. The summed E-state index contributed by atoms with van der Waals surface area (Å²) < 4.78 is 282. The van der Waals surface area contributed by atoms with Crippen LogP contribution >= 0.6 is 21.7 Å². The first-order valence-electron chi connectivity index (χ1n) is 25.5. The maximum atomic E-state index is 15.4. The molecule has 1 atom stereocenters. The molecule has 1 aromatic heterocycles. The Bertz CT molecular complexity index is 5360. The Morgan fingerprint density at radius 2 is 1.09 bits per heavy atom. The third-order valence-electron chi connectivity index (χ3n) is 13.0. The van der Waals surface area contributed by atoms with E-state index in [4.69, 9.17) is 24.3 Å². The van der Waals surface area contributed by atoms with Gasteiger partial charge in [-0.2, -0.15) is 53.0 Å². The highest BCUT2D eigenvalue weighted by atomic mass is 32.3. The SMILES string of the molecule is COc1cc(S(=O)(=O)C(C)OS(=O)(=O)O)ccc1N=Nc1c(S(O)(O)O)cc2cc(N(C)c3nc(F)nc(Nc4ccc(S(=O)(=O)O)c(N=Nc5c(S(O)(O)O)cc6cc(S(=O)(=O)O)c(N=Nc7ccc(S(=O)(=O)CCOS(=O)(=O)O)cc7OC)c(N)c6c5O)c4)n3)ccc2c1O. The van der Waals surface area contributed by atoms with Crippen molar-refractivity contribution < 1.29 is 128 Å². The first-order chi connectivity index (χ1) is 44.7. The highest BCUT2D eigenvalue weighted by Crippen LogP contribution is 2.58. The molecule has 8 aromatic rings. The van der Waals surface area contributed by atoms with Crippen LogP contribution in [-0.4, -0.2) is 160 Å². The van der Waals surface area contributed by atoms with E-state index in [1.54, 1.807) is 0 Å². The van der Waals surface area contributed by atoms with E-state index in [0.717, 1.165) is 80.6 Å². The van der Waals surface area contributed by atoms with Crippen molar-refractivity contribution in [2.24, 2.45) is 30.7 Å². The van der Waals surface area contributed by atoms with Gasteiger partial charge in [0.2, 0.25) is 21.7 Å². The first kappa shape index (κ1) is 74.1. The van der Waals surface area contributed by atoms with Crippen molar-refractivity contribution >= 4 is 167 Å². The van der Waals surface area contributed by atoms with Crippen LogP contribution in [0.25, 0.3) is 21.5 Å².